The molecule has 4 heteroatoms. The van der Waals surface area contributed by atoms with Crippen molar-refractivity contribution >= 4 is 5.82 Å². The molecular weight excluding hydrogens is 188 g/mol. The number of nitrogens with zero attached hydrogens (tertiary/aromatic N) is 2. The maximum absolute atomic E-state index is 4.17. The molecule has 0 aromatic carbocycles. The Bertz CT molecular complexity index is 309. The van der Waals surface area contributed by atoms with Gasteiger partial charge in [0, 0.05) is 30.9 Å². The number of nitrogens with one attached hydrogen (secondary N) is 2. The van der Waals surface area contributed by atoms with Gasteiger partial charge >= 0.3 is 0 Å². The molecule has 1 aliphatic rings. The van der Waals surface area contributed by atoms with Crippen molar-refractivity contribution in [1.29, 1.82) is 0 Å². The first kappa shape index (κ1) is 10.4. The molecule has 2 N–H and O–H groups in total. The van der Waals surface area contributed by atoms with E-state index in [2.05, 4.69) is 27.5 Å². The molecule has 0 saturated heterocycles. The van der Waals surface area contributed by atoms with Crippen LogP contribution in [0.2, 0.25) is 0 Å². The number of hydrogen-bond acceptors (Lipinski definition) is 4. The fourth-order valence-electron chi connectivity index (χ4n) is 1.44. The minimum atomic E-state index is 0.781. The summed E-state index contributed by atoms with van der Waals surface area (Å²) in [7, 11) is 0. The highest BCUT2D eigenvalue weighted by atomic mass is 15.0. The average Bonchev–Trinajstić information content (AvgIpc) is 3.09. The molecule has 2 rings (SSSR count). The van der Waals surface area contributed by atoms with E-state index >= 15 is 0 Å². The monoisotopic (exact) mass is 206 g/mol. The number of rotatable bonds is 6. The molecule has 0 bridgehead atoms. The molecule has 1 heterocycles. The fraction of sp³-hybridized carbons (Fsp3) is 0.636. The Labute approximate surface area is 90.5 Å². The van der Waals surface area contributed by atoms with Crippen LogP contribution in [0.1, 0.15) is 25.5 Å². The second-order valence-corrected chi connectivity index (χ2v) is 3.90. The summed E-state index contributed by atoms with van der Waals surface area (Å²) >= 11 is 0. The Balaban J connectivity index is 1.71. The van der Waals surface area contributed by atoms with E-state index in [0.717, 1.165) is 37.1 Å². The van der Waals surface area contributed by atoms with Gasteiger partial charge in [-0.2, -0.15) is 0 Å². The van der Waals surface area contributed by atoms with Crippen molar-refractivity contribution in [1.82, 2.24) is 15.3 Å². The van der Waals surface area contributed by atoms with Crippen LogP contribution in [-0.2, 0) is 6.42 Å². The van der Waals surface area contributed by atoms with Crippen LogP contribution in [0.5, 0.6) is 0 Å². The number of hydrogen-bond donors (Lipinski definition) is 2. The average molecular weight is 206 g/mol. The molecule has 1 aliphatic carbocycles. The van der Waals surface area contributed by atoms with E-state index < -0.39 is 0 Å². The fourth-order valence-corrected chi connectivity index (χ4v) is 1.44. The van der Waals surface area contributed by atoms with Gasteiger partial charge < -0.3 is 10.6 Å². The largest absolute Gasteiger partial charge is 0.369 e. The molecule has 0 amide bonds. The van der Waals surface area contributed by atoms with E-state index in [1.165, 1.54) is 12.8 Å². The van der Waals surface area contributed by atoms with E-state index in [-0.39, 0.29) is 0 Å². The molecule has 4 nitrogen and oxygen atoms in total. The zero-order chi connectivity index (χ0) is 10.5. The van der Waals surface area contributed by atoms with Gasteiger partial charge in [-0.3, -0.25) is 0 Å². The summed E-state index contributed by atoms with van der Waals surface area (Å²) in [6.45, 7) is 4.04. The molecule has 0 radical (unpaired) electrons. The molecular formula is C11H18N4. The van der Waals surface area contributed by atoms with Crippen LogP contribution < -0.4 is 10.6 Å². The maximum atomic E-state index is 4.17. The van der Waals surface area contributed by atoms with E-state index in [9.17, 15) is 0 Å². The summed E-state index contributed by atoms with van der Waals surface area (Å²) < 4.78 is 0. The van der Waals surface area contributed by atoms with Crippen molar-refractivity contribution in [3.63, 3.8) is 0 Å². The SMILES string of the molecule is CCc1cc(NCCNC2CC2)ncn1. The molecule has 15 heavy (non-hydrogen) atoms. The van der Waals surface area contributed by atoms with Crippen LogP contribution >= 0.6 is 0 Å². The number of anilines is 1. The molecule has 0 spiro atoms. The normalized spacial score (nSPS) is 15.3. The summed E-state index contributed by atoms with van der Waals surface area (Å²) in [6.07, 6.45) is 5.26. The Morgan fingerprint density at radius 2 is 2.20 bits per heavy atom. The van der Waals surface area contributed by atoms with Gasteiger partial charge in [0.05, 0.1) is 0 Å². The standard InChI is InChI=1S/C11H18N4/c1-2-9-7-11(15-8-14-9)13-6-5-12-10-3-4-10/h7-8,10,12H,2-6H2,1H3,(H,13,14,15). The lowest BCUT2D eigenvalue weighted by Gasteiger charge is -2.06. The summed E-state index contributed by atoms with van der Waals surface area (Å²) in [5.41, 5.74) is 1.09. The van der Waals surface area contributed by atoms with Crippen molar-refractivity contribution in [3.8, 4) is 0 Å². The third-order valence-corrected chi connectivity index (χ3v) is 2.53. The first-order chi connectivity index (χ1) is 7.38. The van der Waals surface area contributed by atoms with Crippen molar-refractivity contribution in [2.45, 2.75) is 32.2 Å². The van der Waals surface area contributed by atoms with Crippen LogP contribution in [0, 0.1) is 0 Å². The first-order valence-corrected chi connectivity index (χ1v) is 5.66. The minimum Gasteiger partial charge on any atom is -0.369 e. The molecule has 1 fully saturated rings. The summed E-state index contributed by atoms with van der Waals surface area (Å²) in [5.74, 6) is 0.930. The van der Waals surface area contributed by atoms with Crippen molar-refractivity contribution in [2.75, 3.05) is 18.4 Å². The van der Waals surface area contributed by atoms with E-state index in [1.807, 2.05) is 6.07 Å². The molecule has 1 saturated carbocycles. The lowest BCUT2D eigenvalue weighted by atomic mass is 10.3. The van der Waals surface area contributed by atoms with Gasteiger partial charge in [0.25, 0.3) is 0 Å². The molecule has 0 unspecified atom stereocenters. The van der Waals surface area contributed by atoms with Gasteiger partial charge in [-0.25, -0.2) is 9.97 Å². The zero-order valence-corrected chi connectivity index (χ0v) is 9.16. The zero-order valence-electron chi connectivity index (χ0n) is 9.16. The number of aromatic nitrogens is 2. The summed E-state index contributed by atoms with van der Waals surface area (Å²) in [5, 5.41) is 6.74. The van der Waals surface area contributed by atoms with Crippen molar-refractivity contribution < 1.29 is 0 Å². The molecule has 1 aromatic rings. The van der Waals surface area contributed by atoms with Crippen LogP contribution in [0.4, 0.5) is 5.82 Å². The topological polar surface area (TPSA) is 49.8 Å². The second kappa shape index (κ2) is 5.07. The minimum absolute atomic E-state index is 0.781. The van der Waals surface area contributed by atoms with E-state index in [0.29, 0.717) is 0 Å². The van der Waals surface area contributed by atoms with Crippen LogP contribution in [0.15, 0.2) is 12.4 Å². The molecule has 1 aromatic heterocycles. The van der Waals surface area contributed by atoms with Crippen LogP contribution in [-0.4, -0.2) is 29.1 Å². The van der Waals surface area contributed by atoms with E-state index in [1.54, 1.807) is 6.33 Å². The predicted molar refractivity (Wildman–Crippen MR) is 60.9 cm³/mol. The second-order valence-electron chi connectivity index (χ2n) is 3.90. The number of aryl methyl sites for hydroxylation is 1. The Kier molecular flexibility index (Phi) is 3.50. The third kappa shape index (κ3) is 3.47. The first-order valence-electron chi connectivity index (χ1n) is 5.66. The van der Waals surface area contributed by atoms with Crippen LogP contribution in [0.25, 0.3) is 0 Å². The molecule has 0 aliphatic heterocycles. The van der Waals surface area contributed by atoms with Gasteiger partial charge in [-0.05, 0) is 19.3 Å². The van der Waals surface area contributed by atoms with Gasteiger partial charge in [0.15, 0.2) is 0 Å². The summed E-state index contributed by atoms with van der Waals surface area (Å²) in [4.78, 5) is 8.33. The van der Waals surface area contributed by atoms with Gasteiger partial charge in [-0.1, -0.05) is 6.92 Å². The van der Waals surface area contributed by atoms with E-state index in [4.69, 9.17) is 0 Å². The Hall–Kier alpha value is -1.16. The highest BCUT2D eigenvalue weighted by Gasteiger charge is 2.19. The highest BCUT2D eigenvalue weighted by Crippen LogP contribution is 2.17. The van der Waals surface area contributed by atoms with Gasteiger partial charge in [0.1, 0.15) is 12.1 Å². The lowest BCUT2D eigenvalue weighted by molar-refractivity contribution is 0.700. The van der Waals surface area contributed by atoms with Crippen LogP contribution in [0.3, 0.4) is 0 Å². The quantitative estimate of drug-likeness (QED) is 0.687. The molecule has 82 valence electrons. The van der Waals surface area contributed by atoms with Gasteiger partial charge in [-0.15, -0.1) is 0 Å². The van der Waals surface area contributed by atoms with Crippen molar-refractivity contribution in [3.05, 3.63) is 18.1 Å². The Morgan fingerprint density at radius 3 is 2.93 bits per heavy atom. The lowest BCUT2D eigenvalue weighted by Crippen LogP contribution is -2.24. The smallest absolute Gasteiger partial charge is 0.129 e. The van der Waals surface area contributed by atoms with Gasteiger partial charge in [0.2, 0.25) is 0 Å². The third-order valence-electron chi connectivity index (χ3n) is 2.53. The highest BCUT2D eigenvalue weighted by molar-refractivity contribution is 5.34. The summed E-state index contributed by atoms with van der Waals surface area (Å²) in [6, 6.07) is 2.79. The molecule has 0 atom stereocenters. The Morgan fingerprint density at radius 1 is 1.33 bits per heavy atom. The maximum Gasteiger partial charge on any atom is 0.129 e. The van der Waals surface area contributed by atoms with Crippen molar-refractivity contribution in [2.24, 2.45) is 0 Å². The predicted octanol–water partition coefficient (Wildman–Crippen LogP) is 1.20.